The van der Waals surface area contributed by atoms with Gasteiger partial charge < -0.3 is 0 Å². The maximum Gasteiger partial charge on any atom is 0.158 e. The molecular formula is C11H9BF4N2. The predicted molar refractivity (Wildman–Crippen MR) is 57.9 cm³/mol. The SMILES string of the molecule is Cn1cc[n+](C)c1[B-]c1c(F)c(F)cc(F)c1F. The van der Waals surface area contributed by atoms with Crippen molar-refractivity contribution in [3.8, 4) is 0 Å². The average Bonchev–Trinajstić information content (AvgIpc) is 2.63. The highest BCUT2D eigenvalue weighted by atomic mass is 19.2. The molecule has 0 fully saturated rings. The molecule has 0 spiro atoms. The van der Waals surface area contributed by atoms with Crippen LogP contribution in [0.3, 0.4) is 0 Å². The van der Waals surface area contributed by atoms with Gasteiger partial charge in [0, 0.05) is 11.8 Å². The van der Waals surface area contributed by atoms with Gasteiger partial charge in [0.1, 0.15) is 24.0 Å². The van der Waals surface area contributed by atoms with Gasteiger partial charge in [-0.15, -0.1) is 7.28 Å². The summed E-state index contributed by atoms with van der Waals surface area (Å²) >= 11 is 0. The second-order valence-corrected chi connectivity index (χ2v) is 3.90. The summed E-state index contributed by atoms with van der Waals surface area (Å²) in [6.07, 6.45) is 3.30. The van der Waals surface area contributed by atoms with Gasteiger partial charge in [0.2, 0.25) is 0 Å². The zero-order chi connectivity index (χ0) is 13.4. The van der Waals surface area contributed by atoms with Gasteiger partial charge in [0.15, 0.2) is 11.6 Å². The van der Waals surface area contributed by atoms with E-state index in [4.69, 9.17) is 0 Å². The van der Waals surface area contributed by atoms with E-state index < -0.39 is 28.7 Å². The molecule has 0 aliphatic carbocycles. The van der Waals surface area contributed by atoms with Crippen LogP contribution >= 0.6 is 0 Å². The van der Waals surface area contributed by atoms with Crippen LogP contribution in [-0.2, 0) is 14.1 Å². The molecule has 1 aromatic heterocycles. The van der Waals surface area contributed by atoms with Crippen LogP contribution in [0.25, 0.3) is 0 Å². The molecule has 0 saturated carbocycles. The number of hydrogen-bond donors (Lipinski definition) is 0. The molecule has 0 atom stereocenters. The summed E-state index contributed by atoms with van der Waals surface area (Å²) in [7, 11) is 4.35. The lowest BCUT2D eigenvalue weighted by Gasteiger charge is -2.17. The number of hydrogen-bond acceptors (Lipinski definition) is 0. The molecule has 0 aliphatic heterocycles. The maximum atomic E-state index is 13.5. The molecule has 2 aromatic rings. The number of imidazole rings is 1. The Labute approximate surface area is 102 Å². The van der Waals surface area contributed by atoms with Gasteiger partial charge >= 0.3 is 0 Å². The normalized spacial score (nSPS) is 11.0. The summed E-state index contributed by atoms with van der Waals surface area (Å²) < 4.78 is 56.1. The van der Waals surface area contributed by atoms with Crippen LogP contribution in [0.15, 0.2) is 18.5 Å². The van der Waals surface area contributed by atoms with Crippen molar-refractivity contribution in [2.45, 2.75) is 0 Å². The Bertz CT molecular complexity index is 564. The van der Waals surface area contributed by atoms with E-state index in [-0.39, 0.29) is 6.07 Å². The highest BCUT2D eigenvalue weighted by molar-refractivity contribution is 6.65. The number of aromatic nitrogens is 2. The van der Waals surface area contributed by atoms with Gasteiger partial charge in [-0.1, -0.05) is 0 Å². The summed E-state index contributed by atoms with van der Waals surface area (Å²) in [5.74, 6) is -5.65. The summed E-state index contributed by atoms with van der Waals surface area (Å²) in [4.78, 5) is 0. The van der Waals surface area contributed by atoms with E-state index in [2.05, 4.69) is 0 Å². The van der Waals surface area contributed by atoms with Gasteiger partial charge in [-0.2, -0.15) is 5.46 Å². The van der Waals surface area contributed by atoms with E-state index in [9.17, 15) is 17.6 Å². The van der Waals surface area contributed by atoms with E-state index in [1.54, 1.807) is 35.6 Å². The molecule has 2 rings (SSSR count). The van der Waals surface area contributed by atoms with E-state index in [0.29, 0.717) is 5.72 Å². The van der Waals surface area contributed by atoms with Crippen molar-refractivity contribution < 1.29 is 22.1 Å². The summed E-state index contributed by atoms with van der Waals surface area (Å²) in [5, 5.41) is 0. The highest BCUT2D eigenvalue weighted by Gasteiger charge is 2.14. The van der Waals surface area contributed by atoms with Gasteiger partial charge in [-0.05, 0) is 0 Å². The quantitative estimate of drug-likeness (QED) is 0.311. The second kappa shape index (κ2) is 4.47. The standard InChI is InChI=1S/C11H9BF4N2/c1-17-3-4-18(2)11(17)12-8-9(15)6(13)5-7(14)10(8)16/h3-5H,1-2H3. The lowest BCUT2D eigenvalue weighted by Crippen LogP contribution is -2.54. The molecule has 0 aliphatic rings. The molecule has 94 valence electrons. The minimum Gasteiger partial charge on any atom is -0.280 e. The number of nitrogens with zero attached hydrogens (tertiary/aromatic N) is 2. The zero-order valence-corrected chi connectivity index (χ0v) is 9.72. The van der Waals surface area contributed by atoms with Crippen molar-refractivity contribution >= 4 is 18.5 Å². The fourth-order valence-electron chi connectivity index (χ4n) is 1.65. The van der Waals surface area contributed by atoms with E-state index in [1.807, 2.05) is 0 Å². The Morgan fingerprint density at radius 3 is 2.11 bits per heavy atom. The minimum absolute atomic E-state index is 0.187. The fourth-order valence-corrected chi connectivity index (χ4v) is 1.65. The molecule has 2 nitrogen and oxygen atoms in total. The molecule has 0 amide bonds. The number of rotatable bonds is 2. The largest absolute Gasteiger partial charge is 0.280 e. The Balaban J connectivity index is 2.53. The van der Waals surface area contributed by atoms with E-state index in [1.165, 1.54) is 0 Å². The first-order chi connectivity index (χ1) is 8.41. The monoisotopic (exact) mass is 256 g/mol. The molecule has 0 N–H and O–H groups in total. The Morgan fingerprint density at radius 2 is 1.67 bits per heavy atom. The van der Waals surface area contributed by atoms with E-state index >= 15 is 0 Å². The van der Waals surface area contributed by atoms with Gasteiger partial charge in [-0.25, -0.2) is 17.6 Å². The number of benzene rings is 1. The molecule has 0 unspecified atom stereocenters. The third-order valence-electron chi connectivity index (χ3n) is 2.66. The van der Waals surface area contributed by atoms with Crippen molar-refractivity contribution in [3.63, 3.8) is 0 Å². The van der Waals surface area contributed by atoms with Crippen molar-refractivity contribution in [2.24, 2.45) is 14.1 Å². The average molecular weight is 256 g/mol. The van der Waals surface area contributed by atoms with Crippen LogP contribution in [-0.4, -0.2) is 11.8 Å². The van der Waals surface area contributed by atoms with Gasteiger partial charge in [-0.3, -0.25) is 9.13 Å². The van der Waals surface area contributed by atoms with Crippen molar-refractivity contribution in [2.75, 3.05) is 0 Å². The van der Waals surface area contributed by atoms with E-state index in [0.717, 1.165) is 7.28 Å². The highest BCUT2D eigenvalue weighted by Crippen LogP contribution is 2.09. The third-order valence-corrected chi connectivity index (χ3v) is 2.66. The number of halogens is 4. The number of aryl methyl sites for hydroxylation is 2. The lowest BCUT2D eigenvalue weighted by molar-refractivity contribution is -0.652. The molecule has 2 radical (unpaired) electrons. The van der Waals surface area contributed by atoms with Crippen molar-refractivity contribution in [1.82, 2.24) is 4.57 Å². The molecule has 1 heterocycles. The summed E-state index contributed by atoms with van der Waals surface area (Å²) in [5.41, 5.74) is -0.331. The second-order valence-electron chi connectivity index (χ2n) is 3.90. The van der Waals surface area contributed by atoms with Crippen LogP contribution in [0.4, 0.5) is 17.6 Å². The van der Waals surface area contributed by atoms with Crippen molar-refractivity contribution in [3.05, 3.63) is 41.7 Å². The Kier molecular flexibility index (Phi) is 3.15. The van der Waals surface area contributed by atoms with Crippen molar-refractivity contribution in [1.29, 1.82) is 0 Å². The minimum atomic E-state index is -1.42. The van der Waals surface area contributed by atoms with Gasteiger partial charge in [0.05, 0.1) is 14.1 Å². The summed E-state index contributed by atoms with van der Waals surface area (Å²) in [6.45, 7) is 0. The Morgan fingerprint density at radius 1 is 1.11 bits per heavy atom. The summed E-state index contributed by atoms with van der Waals surface area (Å²) in [6, 6.07) is 0.187. The first kappa shape index (κ1) is 12.7. The fraction of sp³-hybridized carbons (Fsp3) is 0.182. The predicted octanol–water partition coefficient (Wildman–Crippen LogP) is 0.0610. The molecular weight excluding hydrogens is 247 g/mol. The molecule has 0 saturated heterocycles. The van der Waals surface area contributed by atoms with Crippen LogP contribution in [0, 0.1) is 23.3 Å². The first-order valence-corrected chi connectivity index (χ1v) is 5.10. The molecule has 1 aromatic carbocycles. The zero-order valence-electron chi connectivity index (χ0n) is 9.72. The van der Waals surface area contributed by atoms with Crippen LogP contribution in [0.5, 0.6) is 0 Å². The smallest absolute Gasteiger partial charge is 0.158 e. The topological polar surface area (TPSA) is 8.81 Å². The Hall–Kier alpha value is -1.79. The maximum absolute atomic E-state index is 13.5. The van der Waals surface area contributed by atoms with Crippen LogP contribution < -0.4 is 15.8 Å². The molecule has 0 bridgehead atoms. The third kappa shape index (κ3) is 2.00. The molecule has 18 heavy (non-hydrogen) atoms. The molecule has 7 heteroatoms. The van der Waals surface area contributed by atoms with Crippen LogP contribution in [0.2, 0.25) is 0 Å². The van der Waals surface area contributed by atoms with Gasteiger partial charge in [0.25, 0.3) is 0 Å². The van der Waals surface area contributed by atoms with Crippen LogP contribution in [0.1, 0.15) is 0 Å². The lowest BCUT2D eigenvalue weighted by atomic mass is 9.68. The first-order valence-electron chi connectivity index (χ1n) is 5.10.